The summed E-state index contributed by atoms with van der Waals surface area (Å²) in [6.07, 6.45) is -17.5. The van der Waals surface area contributed by atoms with E-state index in [1.807, 2.05) is 0 Å². The molecular formula is C44H72N10O24. The molecule has 0 aromatic rings. The van der Waals surface area contributed by atoms with Crippen LogP contribution in [0.15, 0.2) is 0 Å². The van der Waals surface area contributed by atoms with Gasteiger partial charge in [-0.1, -0.05) is 0 Å². The van der Waals surface area contributed by atoms with Gasteiger partial charge in [-0.3, -0.25) is 57.5 Å². The molecule has 17 unspecified atom stereocenters. The maximum atomic E-state index is 13.6. The number of hydrogen-bond acceptors (Lipinski definition) is 23. The first-order valence-corrected chi connectivity index (χ1v) is 24.3. The van der Waals surface area contributed by atoms with Gasteiger partial charge in [-0.2, -0.15) is 0 Å². The van der Waals surface area contributed by atoms with Gasteiger partial charge in [-0.25, -0.2) is 0 Å². The van der Waals surface area contributed by atoms with Crippen LogP contribution in [0.25, 0.3) is 0 Å². The molecule has 2 saturated heterocycles. The lowest BCUT2D eigenvalue weighted by molar-refractivity contribution is -0.333. The van der Waals surface area contributed by atoms with E-state index < -0.39 is 214 Å². The number of ether oxygens (including phenoxy) is 5. The third-order valence-electron chi connectivity index (χ3n) is 11.7. The van der Waals surface area contributed by atoms with Crippen LogP contribution in [0.5, 0.6) is 0 Å². The SMILES string of the molecule is CC(=O)NC1C(OC2C(CO)OC(O)C(NC(C)=O)C2OC(C)C(=O)NC(C)C(=O)NC(CCC(=O)NC(CCCNC(=O)C(CO)NC(=O)C(N)CC(=O)O)C(=O)NC(C)C(=O)O)C(N)=O)OC(COC(C)=O)C(O)C1O. The van der Waals surface area contributed by atoms with Crippen molar-refractivity contribution in [3.05, 3.63) is 0 Å². The molecular weight excluding hydrogens is 1050 g/mol. The van der Waals surface area contributed by atoms with Crippen LogP contribution < -0.4 is 54.0 Å². The lowest BCUT2D eigenvalue weighted by Gasteiger charge is -2.48. The number of primary amides is 1. The lowest BCUT2D eigenvalue weighted by Crippen LogP contribution is -2.70. The van der Waals surface area contributed by atoms with E-state index in [2.05, 4.69) is 42.5 Å². The molecule has 0 spiro atoms. The van der Waals surface area contributed by atoms with E-state index in [-0.39, 0.29) is 19.4 Å². The van der Waals surface area contributed by atoms with Crippen LogP contribution in [0, 0.1) is 0 Å². The second-order valence-corrected chi connectivity index (χ2v) is 18.2. The fourth-order valence-corrected chi connectivity index (χ4v) is 7.57. The molecule has 2 fully saturated rings. The first-order valence-electron chi connectivity index (χ1n) is 24.3. The third-order valence-corrected chi connectivity index (χ3v) is 11.7. The molecule has 0 bridgehead atoms. The molecule has 2 heterocycles. The lowest BCUT2D eigenvalue weighted by atomic mass is 9.94. The highest BCUT2D eigenvalue weighted by molar-refractivity contribution is 5.94. The van der Waals surface area contributed by atoms with Crippen molar-refractivity contribution in [3.8, 4) is 0 Å². The molecule has 0 aromatic carbocycles. The van der Waals surface area contributed by atoms with E-state index >= 15 is 0 Å². The fraction of sp³-hybridized carbons (Fsp3) is 0.727. The predicted octanol–water partition coefficient (Wildman–Crippen LogP) is -9.62. The molecule has 0 saturated carbocycles. The van der Waals surface area contributed by atoms with Crippen LogP contribution in [0.1, 0.15) is 73.6 Å². The van der Waals surface area contributed by atoms with Gasteiger partial charge in [-0.15, -0.1) is 0 Å². The number of aliphatic carboxylic acids is 2. The summed E-state index contributed by atoms with van der Waals surface area (Å²) in [4.78, 5) is 149. The Morgan fingerprint density at radius 2 is 1.26 bits per heavy atom. The van der Waals surface area contributed by atoms with Crippen molar-refractivity contribution >= 4 is 71.1 Å². The molecule has 2 aliphatic rings. The molecule has 0 radical (unpaired) electrons. The van der Waals surface area contributed by atoms with Gasteiger partial charge in [0.15, 0.2) is 12.6 Å². The third kappa shape index (κ3) is 21.6. The summed E-state index contributed by atoms with van der Waals surface area (Å²) >= 11 is 0. The summed E-state index contributed by atoms with van der Waals surface area (Å²) in [5.41, 5.74) is 11.0. The Morgan fingerprint density at radius 3 is 1.81 bits per heavy atom. The second kappa shape index (κ2) is 32.2. The van der Waals surface area contributed by atoms with Crippen LogP contribution in [0.4, 0.5) is 0 Å². The van der Waals surface area contributed by atoms with Crippen LogP contribution in [-0.4, -0.2) is 237 Å². The predicted molar refractivity (Wildman–Crippen MR) is 256 cm³/mol. The Kier molecular flexibility index (Phi) is 27.8. The van der Waals surface area contributed by atoms with Crippen molar-refractivity contribution < 1.29 is 117 Å². The van der Waals surface area contributed by atoms with Crippen molar-refractivity contribution in [2.45, 2.75) is 177 Å². The number of nitrogens with two attached hydrogens (primary N) is 2. The number of carbonyl (C=O) groups excluding carboxylic acids is 10. The fourth-order valence-electron chi connectivity index (χ4n) is 7.57. The summed E-state index contributed by atoms with van der Waals surface area (Å²) < 4.78 is 28.4. The topological polar surface area (TPSA) is 541 Å². The summed E-state index contributed by atoms with van der Waals surface area (Å²) in [5.74, 6) is -12.2. The Labute approximate surface area is 445 Å². The van der Waals surface area contributed by atoms with Crippen molar-refractivity contribution in [2.24, 2.45) is 11.5 Å². The molecule has 17 atom stereocenters. The molecule has 2 rings (SSSR count). The number of aliphatic hydroxyl groups is 5. The molecule has 0 aromatic heterocycles. The number of esters is 1. The largest absolute Gasteiger partial charge is 0.481 e. The van der Waals surface area contributed by atoms with Crippen molar-refractivity contribution in [1.82, 2.24) is 42.5 Å². The zero-order valence-corrected chi connectivity index (χ0v) is 43.4. The Morgan fingerprint density at radius 1 is 0.654 bits per heavy atom. The first kappa shape index (κ1) is 67.3. The number of amides is 9. The standard InChI is InChI=1S/C44H72N10O24/c1-16(37(66)53-23(36(46)65)9-10-28(60)52-24(41(70)49-17(2)42(71)72)8-7-11-47-40(69)25(13-55)54-39(68)22(45)12-29(61)62)48-38(67)18(3)75-35-31(51-20(5)58)43(73)76-26(14-56)34(35)78-44-30(50-19(4)57)33(64)32(63)27(77-44)15-74-21(6)59/h16-18,22-27,30-35,43-44,55-56,63-64,73H,7-15,45H2,1-6H3,(H2,46,65)(H,47,69)(H,48,67)(H,49,70)(H,50,57)(H,51,58)(H,52,60)(H,53,66)(H,54,68)(H,61,62)(H,71,72). The minimum absolute atomic E-state index is 0.0823. The molecule has 34 heteroatoms. The molecule has 0 aliphatic carbocycles. The van der Waals surface area contributed by atoms with Crippen LogP contribution in [0.3, 0.4) is 0 Å². The summed E-state index contributed by atoms with van der Waals surface area (Å²) in [6, 6.07) is -12.2. The molecule has 19 N–H and O–H groups in total. The van der Waals surface area contributed by atoms with E-state index in [0.29, 0.717) is 0 Å². The van der Waals surface area contributed by atoms with Crippen molar-refractivity contribution in [2.75, 3.05) is 26.4 Å². The normalized spacial score (nSPS) is 25.5. The van der Waals surface area contributed by atoms with Gasteiger partial charge < -0.3 is 113 Å². The maximum Gasteiger partial charge on any atom is 0.325 e. The molecule has 78 heavy (non-hydrogen) atoms. The van der Waals surface area contributed by atoms with Crippen molar-refractivity contribution in [3.63, 3.8) is 0 Å². The summed E-state index contributed by atoms with van der Waals surface area (Å²) in [5, 5.41) is 89.3. The number of aliphatic hydroxyl groups excluding tert-OH is 5. The zero-order chi connectivity index (χ0) is 59.3. The number of carboxylic acid groups (broad SMARTS) is 2. The smallest absolute Gasteiger partial charge is 0.325 e. The van der Waals surface area contributed by atoms with Crippen molar-refractivity contribution in [1.29, 1.82) is 0 Å². The van der Waals surface area contributed by atoms with Crippen LogP contribution in [0.2, 0.25) is 0 Å². The van der Waals surface area contributed by atoms with Gasteiger partial charge in [0.05, 0.1) is 25.7 Å². The number of carbonyl (C=O) groups is 12. The number of hydrogen-bond donors (Lipinski definition) is 17. The van der Waals surface area contributed by atoms with Gasteiger partial charge in [-0.05, 0) is 40.0 Å². The number of rotatable bonds is 31. The number of nitrogens with one attached hydrogen (secondary N) is 8. The average molecular weight is 1130 g/mol. The highest BCUT2D eigenvalue weighted by atomic mass is 16.7. The van der Waals surface area contributed by atoms with E-state index in [0.717, 1.165) is 27.7 Å². The van der Waals surface area contributed by atoms with E-state index in [4.69, 9.17) is 40.3 Å². The average Bonchev–Trinajstić information content (AvgIpc) is 3.35. The van der Waals surface area contributed by atoms with E-state index in [1.54, 1.807) is 0 Å². The van der Waals surface area contributed by atoms with Gasteiger partial charge in [0, 0.05) is 33.7 Å². The van der Waals surface area contributed by atoms with E-state index in [9.17, 15) is 88.2 Å². The quantitative estimate of drug-likeness (QED) is 0.0226. The molecule has 2 aliphatic heterocycles. The Balaban J connectivity index is 2.21. The highest BCUT2D eigenvalue weighted by Crippen LogP contribution is 2.31. The minimum atomic E-state index is -1.94. The van der Waals surface area contributed by atoms with Gasteiger partial charge in [0.25, 0.3) is 0 Å². The van der Waals surface area contributed by atoms with E-state index in [1.165, 1.54) is 13.8 Å². The monoisotopic (exact) mass is 1120 g/mol. The van der Waals surface area contributed by atoms with Gasteiger partial charge in [0.1, 0.15) is 91.6 Å². The summed E-state index contributed by atoms with van der Waals surface area (Å²) in [7, 11) is 0. The van der Waals surface area contributed by atoms with Gasteiger partial charge >= 0.3 is 17.9 Å². The maximum absolute atomic E-state index is 13.6. The minimum Gasteiger partial charge on any atom is -0.481 e. The molecule has 442 valence electrons. The van der Waals surface area contributed by atoms with Crippen LogP contribution in [-0.2, 0) is 81.2 Å². The molecule has 34 nitrogen and oxygen atoms in total. The Hall–Kier alpha value is -6.76. The highest BCUT2D eigenvalue weighted by Gasteiger charge is 2.53. The first-order chi connectivity index (χ1) is 36.4. The summed E-state index contributed by atoms with van der Waals surface area (Å²) in [6.45, 7) is 3.97. The second-order valence-electron chi connectivity index (χ2n) is 18.2. The van der Waals surface area contributed by atoms with Crippen LogP contribution >= 0.6 is 0 Å². The van der Waals surface area contributed by atoms with Gasteiger partial charge in [0.2, 0.25) is 53.2 Å². The molecule has 9 amide bonds. The zero-order valence-electron chi connectivity index (χ0n) is 43.4. The number of carboxylic acids is 2. The Bertz CT molecular complexity index is 2140.